The molecular formula is C14H15ClN4O3. The van der Waals surface area contributed by atoms with Gasteiger partial charge in [-0.3, -0.25) is 9.36 Å². The summed E-state index contributed by atoms with van der Waals surface area (Å²) in [6.45, 7) is 1.39. The van der Waals surface area contributed by atoms with Gasteiger partial charge in [0.2, 0.25) is 0 Å². The summed E-state index contributed by atoms with van der Waals surface area (Å²) in [5, 5.41) is 6.99. The average Bonchev–Trinajstić information content (AvgIpc) is 2.74. The molecule has 0 fully saturated rings. The Morgan fingerprint density at radius 3 is 2.82 bits per heavy atom. The van der Waals surface area contributed by atoms with Crippen LogP contribution in [-0.2, 0) is 17.8 Å². The van der Waals surface area contributed by atoms with E-state index in [0.717, 1.165) is 0 Å². The second-order valence-electron chi connectivity index (χ2n) is 4.97. The fraction of sp³-hybridized carbons (Fsp3) is 0.357. The predicted octanol–water partition coefficient (Wildman–Crippen LogP) is 0.688. The summed E-state index contributed by atoms with van der Waals surface area (Å²) in [4.78, 5) is 25.4. The van der Waals surface area contributed by atoms with Gasteiger partial charge in [0.25, 0.3) is 5.91 Å². The average molecular weight is 323 g/mol. The van der Waals surface area contributed by atoms with Gasteiger partial charge >= 0.3 is 5.69 Å². The van der Waals surface area contributed by atoms with Gasteiger partial charge in [-0.2, -0.15) is 5.10 Å². The highest BCUT2D eigenvalue weighted by atomic mass is 35.5. The zero-order valence-electron chi connectivity index (χ0n) is 11.8. The lowest BCUT2D eigenvalue weighted by Crippen LogP contribution is -2.37. The van der Waals surface area contributed by atoms with E-state index in [9.17, 15) is 9.59 Å². The quantitative estimate of drug-likeness (QED) is 0.901. The van der Waals surface area contributed by atoms with Crippen molar-refractivity contribution in [3.63, 3.8) is 0 Å². The third-order valence-electron chi connectivity index (χ3n) is 3.56. The lowest BCUT2D eigenvalue weighted by molar-refractivity contribution is -0.133. The monoisotopic (exact) mass is 322 g/mol. The van der Waals surface area contributed by atoms with Crippen LogP contribution in [0.1, 0.15) is 5.82 Å². The molecule has 1 aromatic heterocycles. The summed E-state index contributed by atoms with van der Waals surface area (Å²) in [7, 11) is 0. The molecule has 0 radical (unpaired) electrons. The maximum atomic E-state index is 12.2. The number of carbonyl (C=O) groups excluding carboxylic acids is 1. The number of hydrogen-bond donors (Lipinski definition) is 1. The zero-order chi connectivity index (χ0) is 15.5. The smallest absolute Gasteiger partial charge is 0.343 e. The molecular weight excluding hydrogens is 308 g/mol. The number of halogens is 1. The number of ether oxygens (including phenoxy) is 1. The normalized spacial score (nSPS) is 14.3. The van der Waals surface area contributed by atoms with Gasteiger partial charge in [0, 0.05) is 31.1 Å². The molecule has 1 aromatic carbocycles. The van der Waals surface area contributed by atoms with E-state index in [4.69, 9.17) is 16.3 Å². The second kappa shape index (κ2) is 6.23. The van der Waals surface area contributed by atoms with Crippen LogP contribution >= 0.6 is 11.6 Å². The van der Waals surface area contributed by atoms with E-state index in [2.05, 4.69) is 10.2 Å². The van der Waals surface area contributed by atoms with Gasteiger partial charge in [-0.15, -0.1) is 0 Å². The van der Waals surface area contributed by atoms with Crippen LogP contribution in [0, 0.1) is 0 Å². The molecule has 2 aromatic rings. The molecule has 0 atom stereocenters. The molecule has 1 aliphatic rings. The molecule has 8 heteroatoms. The fourth-order valence-corrected chi connectivity index (χ4v) is 2.48. The Labute approximate surface area is 131 Å². The van der Waals surface area contributed by atoms with Crippen molar-refractivity contribution in [2.24, 2.45) is 0 Å². The van der Waals surface area contributed by atoms with E-state index in [1.165, 1.54) is 0 Å². The SMILES string of the molecule is O=C(COc1ccc(Cl)cc1)N1CCc2n[nH]c(=O)n2CC1. The lowest BCUT2D eigenvalue weighted by atomic mass is 10.3. The van der Waals surface area contributed by atoms with E-state index in [-0.39, 0.29) is 18.2 Å². The summed E-state index contributed by atoms with van der Waals surface area (Å²) in [5.41, 5.74) is -0.235. The molecule has 0 bridgehead atoms. The number of aromatic amines is 1. The summed E-state index contributed by atoms with van der Waals surface area (Å²) in [5.74, 6) is 1.16. The van der Waals surface area contributed by atoms with Crippen molar-refractivity contribution in [2.75, 3.05) is 19.7 Å². The second-order valence-corrected chi connectivity index (χ2v) is 5.41. The van der Waals surface area contributed by atoms with Crippen molar-refractivity contribution in [2.45, 2.75) is 13.0 Å². The van der Waals surface area contributed by atoms with Crippen LogP contribution in [0.25, 0.3) is 0 Å². The molecule has 0 unspecified atom stereocenters. The number of nitrogens with one attached hydrogen (secondary N) is 1. The van der Waals surface area contributed by atoms with E-state index in [1.807, 2.05) is 0 Å². The number of fused-ring (bicyclic) bond motifs is 1. The Bertz CT molecular complexity index is 722. The predicted molar refractivity (Wildman–Crippen MR) is 80.1 cm³/mol. The van der Waals surface area contributed by atoms with Crippen LogP contribution in [-0.4, -0.2) is 45.3 Å². The van der Waals surface area contributed by atoms with Crippen LogP contribution in [0.5, 0.6) is 5.75 Å². The minimum absolute atomic E-state index is 0.0414. The third kappa shape index (κ3) is 3.14. The molecule has 1 aliphatic heterocycles. The molecule has 0 aliphatic carbocycles. The van der Waals surface area contributed by atoms with Crippen LogP contribution in [0.15, 0.2) is 29.1 Å². The van der Waals surface area contributed by atoms with Crippen molar-refractivity contribution in [1.82, 2.24) is 19.7 Å². The van der Waals surface area contributed by atoms with Crippen LogP contribution in [0.3, 0.4) is 0 Å². The fourth-order valence-electron chi connectivity index (χ4n) is 2.36. The third-order valence-corrected chi connectivity index (χ3v) is 3.82. The summed E-state index contributed by atoms with van der Waals surface area (Å²) in [6.07, 6.45) is 0.547. The zero-order valence-corrected chi connectivity index (χ0v) is 12.5. The number of hydrogen-bond acceptors (Lipinski definition) is 4. The van der Waals surface area contributed by atoms with Crippen molar-refractivity contribution in [3.8, 4) is 5.75 Å². The first kappa shape index (κ1) is 14.6. The highest BCUT2D eigenvalue weighted by Crippen LogP contribution is 2.15. The van der Waals surface area contributed by atoms with Gasteiger partial charge < -0.3 is 9.64 Å². The topological polar surface area (TPSA) is 80.2 Å². The van der Waals surface area contributed by atoms with Gasteiger partial charge in [-0.1, -0.05) is 11.6 Å². The summed E-state index contributed by atoms with van der Waals surface area (Å²) >= 11 is 5.79. The van der Waals surface area contributed by atoms with Crippen LogP contribution in [0.4, 0.5) is 0 Å². The van der Waals surface area contributed by atoms with Crippen molar-refractivity contribution in [1.29, 1.82) is 0 Å². The summed E-state index contributed by atoms with van der Waals surface area (Å²) < 4.78 is 7.02. The van der Waals surface area contributed by atoms with Crippen LogP contribution < -0.4 is 10.4 Å². The first-order chi connectivity index (χ1) is 10.6. The van der Waals surface area contributed by atoms with Gasteiger partial charge in [0.15, 0.2) is 6.61 Å². The van der Waals surface area contributed by atoms with Gasteiger partial charge in [-0.25, -0.2) is 9.89 Å². The standard InChI is InChI=1S/C14H15ClN4O3/c15-10-1-3-11(4-2-10)22-9-13(20)18-6-5-12-16-17-14(21)19(12)8-7-18/h1-4H,5-9H2,(H,17,21). The highest BCUT2D eigenvalue weighted by molar-refractivity contribution is 6.30. The Balaban J connectivity index is 1.57. The number of nitrogens with zero attached hydrogens (tertiary/aromatic N) is 3. The Kier molecular flexibility index (Phi) is 4.15. The van der Waals surface area contributed by atoms with Gasteiger partial charge in [-0.05, 0) is 24.3 Å². The number of H-pyrrole nitrogens is 1. The summed E-state index contributed by atoms with van der Waals surface area (Å²) in [6, 6.07) is 6.84. The molecule has 22 heavy (non-hydrogen) atoms. The highest BCUT2D eigenvalue weighted by Gasteiger charge is 2.20. The molecule has 1 N–H and O–H groups in total. The molecule has 0 spiro atoms. The first-order valence-electron chi connectivity index (χ1n) is 6.94. The molecule has 116 valence electrons. The van der Waals surface area contributed by atoms with E-state index in [0.29, 0.717) is 42.7 Å². The number of aromatic nitrogens is 3. The van der Waals surface area contributed by atoms with E-state index >= 15 is 0 Å². The molecule has 0 saturated carbocycles. The van der Waals surface area contributed by atoms with Crippen molar-refractivity contribution >= 4 is 17.5 Å². The van der Waals surface area contributed by atoms with Crippen LogP contribution in [0.2, 0.25) is 5.02 Å². The number of amides is 1. The maximum absolute atomic E-state index is 12.2. The first-order valence-corrected chi connectivity index (χ1v) is 7.31. The largest absolute Gasteiger partial charge is 0.484 e. The maximum Gasteiger partial charge on any atom is 0.343 e. The molecule has 7 nitrogen and oxygen atoms in total. The number of benzene rings is 1. The Hall–Kier alpha value is -2.28. The molecule has 2 heterocycles. The van der Waals surface area contributed by atoms with Crippen molar-refractivity contribution < 1.29 is 9.53 Å². The minimum Gasteiger partial charge on any atom is -0.484 e. The molecule has 3 rings (SSSR count). The van der Waals surface area contributed by atoms with Crippen molar-refractivity contribution in [3.05, 3.63) is 45.6 Å². The number of rotatable bonds is 3. The number of carbonyl (C=O) groups is 1. The Morgan fingerprint density at radius 1 is 1.27 bits per heavy atom. The lowest BCUT2D eigenvalue weighted by Gasteiger charge is -2.20. The Morgan fingerprint density at radius 2 is 2.05 bits per heavy atom. The van der Waals surface area contributed by atoms with Gasteiger partial charge in [0.05, 0.1) is 0 Å². The van der Waals surface area contributed by atoms with Gasteiger partial charge in [0.1, 0.15) is 11.6 Å². The minimum atomic E-state index is -0.235. The van der Waals surface area contributed by atoms with E-state index in [1.54, 1.807) is 33.7 Å². The molecule has 0 saturated heterocycles. The molecule has 1 amide bonds. The van der Waals surface area contributed by atoms with E-state index < -0.39 is 0 Å².